The molecule has 0 unspecified atom stereocenters. The number of benzene rings is 1. The quantitative estimate of drug-likeness (QED) is 0.850. The first-order valence-electron chi connectivity index (χ1n) is 5.16. The molecule has 1 aromatic carbocycles. The second-order valence-corrected chi connectivity index (χ2v) is 5.93. The van der Waals surface area contributed by atoms with Crippen LogP contribution in [0.5, 0.6) is 0 Å². The molecule has 1 aliphatic rings. The van der Waals surface area contributed by atoms with Gasteiger partial charge in [-0.05, 0) is 40.9 Å². The van der Waals surface area contributed by atoms with E-state index in [1.165, 1.54) is 6.07 Å². The van der Waals surface area contributed by atoms with E-state index in [1.54, 1.807) is 17.8 Å². The summed E-state index contributed by atoms with van der Waals surface area (Å²) >= 11 is 4.77. The van der Waals surface area contributed by atoms with Gasteiger partial charge in [0.15, 0.2) is 0 Å². The average molecular weight is 306 g/mol. The Hall–Kier alpha value is -0.260. The highest BCUT2D eigenvalue weighted by Gasteiger charge is 2.17. The zero-order chi connectivity index (χ0) is 11.5. The molecule has 2 N–H and O–H groups in total. The largest absolute Gasteiger partial charge is 0.398 e. The first kappa shape index (κ1) is 12.2. The van der Waals surface area contributed by atoms with Gasteiger partial charge in [-0.3, -0.25) is 0 Å². The molecule has 88 valence electrons. The maximum absolute atomic E-state index is 13.4. The molecule has 2 nitrogen and oxygen atoms in total. The van der Waals surface area contributed by atoms with Gasteiger partial charge in [-0.1, -0.05) is 0 Å². The third kappa shape index (κ3) is 2.90. The molecule has 1 fully saturated rings. The van der Waals surface area contributed by atoms with Crippen molar-refractivity contribution in [2.24, 2.45) is 0 Å². The minimum atomic E-state index is -0.260. The maximum atomic E-state index is 13.4. The molecule has 0 aromatic heterocycles. The van der Waals surface area contributed by atoms with Crippen molar-refractivity contribution in [1.29, 1.82) is 0 Å². The minimum absolute atomic E-state index is 0.260. The van der Waals surface area contributed by atoms with Gasteiger partial charge in [0.1, 0.15) is 5.82 Å². The summed E-state index contributed by atoms with van der Waals surface area (Å²) in [5.74, 6) is -0.260. The number of hydrogen-bond donors (Lipinski definition) is 1. The van der Waals surface area contributed by atoms with Crippen LogP contribution >= 0.6 is 27.7 Å². The van der Waals surface area contributed by atoms with Gasteiger partial charge < -0.3 is 10.5 Å². The summed E-state index contributed by atoms with van der Waals surface area (Å²) in [6.07, 6.45) is 2.00. The van der Waals surface area contributed by atoms with Crippen LogP contribution in [0.2, 0.25) is 0 Å². The fourth-order valence-corrected chi connectivity index (χ4v) is 3.13. The van der Waals surface area contributed by atoms with E-state index in [1.807, 2.05) is 0 Å². The zero-order valence-electron chi connectivity index (χ0n) is 8.71. The number of rotatable bonds is 2. The molecule has 0 aliphatic carbocycles. The summed E-state index contributed by atoms with van der Waals surface area (Å²) in [6.45, 7) is 1.58. The lowest BCUT2D eigenvalue weighted by Crippen LogP contribution is -2.17. The Labute approximate surface area is 107 Å². The second kappa shape index (κ2) is 5.38. The molecule has 0 spiro atoms. The maximum Gasteiger partial charge on any atom is 0.138 e. The van der Waals surface area contributed by atoms with E-state index in [0.29, 0.717) is 15.4 Å². The molecule has 0 atom stereocenters. The van der Waals surface area contributed by atoms with Crippen LogP contribution < -0.4 is 5.73 Å². The van der Waals surface area contributed by atoms with Gasteiger partial charge in [-0.15, -0.1) is 11.8 Å². The molecular formula is C11H13BrFNOS. The number of nitrogen functional groups attached to an aromatic ring is 1. The standard InChI is InChI=1S/C11H13BrFNOS/c12-8-5-10(14)11(6-9(8)13)16-7-1-3-15-4-2-7/h5-7H,1-4,14H2. The molecule has 0 amide bonds. The molecule has 0 saturated carbocycles. The lowest BCUT2D eigenvalue weighted by molar-refractivity contribution is 0.100. The summed E-state index contributed by atoms with van der Waals surface area (Å²) in [5.41, 5.74) is 6.49. The van der Waals surface area contributed by atoms with Crippen molar-refractivity contribution < 1.29 is 9.13 Å². The van der Waals surface area contributed by atoms with Gasteiger partial charge in [0.05, 0.1) is 4.47 Å². The van der Waals surface area contributed by atoms with Crippen molar-refractivity contribution in [1.82, 2.24) is 0 Å². The van der Waals surface area contributed by atoms with Crippen LogP contribution in [0.1, 0.15) is 12.8 Å². The van der Waals surface area contributed by atoms with Gasteiger partial charge in [0, 0.05) is 29.0 Å². The summed E-state index contributed by atoms with van der Waals surface area (Å²) < 4.78 is 19.1. The van der Waals surface area contributed by atoms with E-state index in [4.69, 9.17) is 10.5 Å². The van der Waals surface area contributed by atoms with Crippen LogP contribution in [0.4, 0.5) is 10.1 Å². The van der Waals surface area contributed by atoms with E-state index in [-0.39, 0.29) is 5.82 Å². The lowest BCUT2D eigenvalue weighted by Gasteiger charge is -2.22. The summed E-state index contributed by atoms with van der Waals surface area (Å²) in [7, 11) is 0. The molecule has 5 heteroatoms. The predicted octanol–water partition coefficient (Wildman–Crippen LogP) is 3.44. The number of thioether (sulfide) groups is 1. The van der Waals surface area contributed by atoms with Crippen molar-refractivity contribution in [3.63, 3.8) is 0 Å². The van der Waals surface area contributed by atoms with E-state index < -0.39 is 0 Å². The Balaban J connectivity index is 2.11. The fourth-order valence-electron chi connectivity index (χ4n) is 1.62. The SMILES string of the molecule is Nc1cc(Br)c(F)cc1SC1CCOCC1. The van der Waals surface area contributed by atoms with Gasteiger partial charge in [-0.2, -0.15) is 0 Å². The highest BCUT2D eigenvalue weighted by atomic mass is 79.9. The Morgan fingerprint density at radius 1 is 1.38 bits per heavy atom. The van der Waals surface area contributed by atoms with Crippen molar-refractivity contribution in [2.45, 2.75) is 23.0 Å². The van der Waals surface area contributed by atoms with Crippen LogP contribution in [-0.2, 0) is 4.74 Å². The normalized spacial score (nSPS) is 17.6. The van der Waals surface area contributed by atoms with Crippen molar-refractivity contribution in [3.8, 4) is 0 Å². The zero-order valence-corrected chi connectivity index (χ0v) is 11.1. The third-order valence-electron chi connectivity index (χ3n) is 2.51. The van der Waals surface area contributed by atoms with Gasteiger partial charge in [0.2, 0.25) is 0 Å². The van der Waals surface area contributed by atoms with E-state index >= 15 is 0 Å². The molecule has 0 bridgehead atoms. The second-order valence-electron chi connectivity index (χ2n) is 3.73. The molecule has 1 saturated heterocycles. The Morgan fingerprint density at radius 3 is 2.75 bits per heavy atom. The Bertz CT molecular complexity index is 382. The summed E-state index contributed by atoms with van der Waals surface area (Å²) in [4.78, 5) is 0.826. The van der Waals surface area contributed by atoms with E-state index in [0.717, 1.165) is 31.0 Å². The average Bonchev–Trinajstić information content (AvgIpc) is 2.27. The first-order chi connectivity index (χ1) is 7.66. The highest BCUT2D eigenvalue weighted by molar-refractivity contribution is 9.10. The van der Waals surface area contributed by atoms with E-state index in [9.17, 15) is 4.39 Å². The van der Waals surface area contributed by atoms with Crippen molar-refractivity contribution in [2.75, 3.05) is 18.9 Å². The number of ether oxygens (including phenoxy) is 1. The number of nitrogens with two attached hydrogens (primary N) is 1. The van der Waals surface area contributed by atoms with Gasteiger partial charge >= 0.3 is 0 Å². The molecule has 1 aromatic rings. The first-order valence-corrected chi connectivity index (χ1v) is 6.83. The third-order valence-corrected chi connectivity index (χ3v) is 4.53. The summed E-state index contributed by atoms with van der Waals surface area (Å²) in [5, 5.41) is 0.483. The molecule has 0 radical (unpaired) electrons. The van der Waals surface area contributed by atoms with Crippen LogP contribution in [0.3, 0.4) is 0 Å². The van der Waals surface area contributed by atoms with E-state index in [2.05, 4.69) is 15.9 Å². The monoisotopic (exact) mass is 305 g/mol. The smallest absolute Gasteiger partial charge is 0.138 e. The number of halogens is 2. The fraction of sp³-hybridized carbons (Fsp3) is 0.455. The van der Waals surface area contributed by atoms with Gasteiger partial charge in [0.25, 0.3) is 0 Å². The topological polar surface area (TPSA) is 35.2 Å². The lowest BCUT2D eigenvalue weighted by atomic mass is 10.2. The molecule has 1 heterocycles. The minimum Gasteiger partial charge on any atom is -0.398 e. The van der Waals surface area contributed by atoms with Crippen molar-refractivity contribution in [3.05, 3.63) is 22.4 Å². The Kier molecular flexibility index (Phi) is 4.10. The molecule has 2 rings (SSSR count). The van der Waals surface area contributed by atoms with Crippen LogP contribution in [-0.4, -0.2) is 18.5 Å². The molecule has 16 heavy (non-hydrogen) atoms. The van der Waals surface area contributed by atoms with Crippen LogP contribution in [0.25, 0.3) is 0 Å². The van der Waals surface area contributed by atoms with Gasteiger partial charge in [-0.25, -0.2) is 4.39 Å². The van der Waals surface area contributed by atoms with Crippen LogP contribution in [0.15, 0.2) is 21.5 Å². The highest BCUT2D eigenvalue weighted by Crippen LogP contribution is 2.35. The van der Waals surface area contributed by atoms with Crippen molar-refractivity contribution >= 4 is 33.4 Å². The van der Waals surface area contributed by atoms with Crippen LogP contribution in [0, 0.1) is 5.82 Å². The Morgan fingerprint density at radius 2 is 2.06 bits per heavy atom. The summed E-state index contributed by atoms with van der Waals surface area (Å²) in [6, 6.07) is 3.12. The molecular weight excluding hydrogens is 293 g/mol. The number of hydrogen-bond acceptors (Lipinski definition) is 3. The number of anilines is 1. The molecule has 1 aliphatic heterocycles. The predicted molar refractivity (Wildman–Crippen MR) is 68.2 cm³/mol.